The maximum Gasteiger partial charge on any atom is 0.134 e. The number of fused-ring (bicyclic) bond motifs is 1. The van der Waals surface area contributed by atoms with Gasteiger partial charge in [0.05, 0.1) is 0 Å². The van der Waals surface area contributed by atoms with Crippen LogP contribution in [0, 0.1) is 0 Å². The van der Waals surface area contributed by atoms with E-state index in [0.717, 1.165) is 23.2 Å². The molecular formula is C14H18O2. The third-order valence-corrected chi connectivity index (χ3v) is 2.83. The van der Waals surface area contributed by atoms with Crippen molar-refractivity contribution in [3.8, 4) is 5.75 Å². The van der Waals surface area contributed by atoms with Crippen LogP contribution >= 0.6 is 0 Å². The van der Waals surface area contributed by atoms with Gasteiger partial charge in [0.1, 0.15) is 17.1 Å². The molecule has 2 nitrogen and oxygen atoms in total. The van der Waals surface area contributed by atoms with Crippen LogP contribution in [-0.4, -0.2) is 5.11 Å². The number of rotatable bonds is 5. The van der Waals surface area contributed by atoms with E-state index in [1.54, 1.807) is 12.1 Å². The molecule has 0 fully saturated rings. The summed E-state index contributed by atoms with van der Waals surface area (Å²) in [6, 6.07) is 7.25. The van der Waals surface area contributed by atoms with Crippen LogP contribution in [0.1, 0.15) is 38.4 Å². The Balaban J connectivity index is 2.02. The Labute approximate surface area is 95.9 Å². The molecule has 0 saturated heterocycles. The van der Waals surface area contributed by atoms with Gasteiger partial charge in [-0.25, -0.2) is 0 Å². The van der Waals surface area contributed by atoms with E-state index in [4.69, 9.17) is 4.42 Å². The van der Waals surface area contributed by atoms with E-state index in [1.807, 2.05) is 12.1 Å². The first-order valence-corrected chi connectivity index (χ1v) is 6.01. The number of hydrogen-bond acceptors (Lipinski definition) is 2. The van der Waals surface area contributed by atoms with Crippen molar-refractivity contribution in [1.29, 1.82) is 0 Å². The molecule has 86 valence electrons. The molecule has 0 aliphatic rings. The fourth-order valence-electron chi connectivity index (χ4n) is 1.93. The topological polar surface area (TPSA) is 33.4 Å². The van der Waals surface area contributed by atoms with Crippen LogP contribution in [0.2, 0.25) is 0 Å². The number of benzene rings is 1. The predicted molar refractivity (Wildman–Crippen MR) is 65.7 cm³/mol. The van der Waals surface area contributed by atoms with Crippen LogP contribution in [-0.2, 0) is 6.42 Å². The molecule has 2 heteroatoms. The minimum Gasteiger partial charge on any atom is -0.508 e. The van der Waals surface area contributed by atoms with Gasteiger partial charge in [-0.05, 0) is 30.7 Å². The molecule has 0 aliphatic carbocycles. The average Bonchev–Trinajstić information content (AvgIpc) is 2.66. The largest absolute Gasteiger partial charge is 0.508 e. The lowest BCUT2D eigenvalue weighted by Crippen LogP contribution is -1.81. The van der Waals surface area contributed by atoms with Crippen LogP contribution in [0.15, 0.2) is 28.7 Å². The molecule has 16 heavy (non-hydrogen) atoms. The van der Waals surface area contributed by atoms with Crippen molar-refractivity contribution < 1.29 is 9.52 Å². The number of phenols is 1. The number of phenolic OH excluding ortho intramolecular Hbond substituents is 1. The highest BCUT2D eigenvalue weighted by molar-refractivity contribution is 5.79. The first-order chi connectivity index (χ1) is 7.79. The fourth-order valence-corrected chi connectivity index (χ4v) is 1.93. The zero-order valence-electron chi connectivity index (χ0n) is 9.70. The second-order valence-corrected chi connectivity index (χ2v) is 4.25. The standard InChI is InChI=1S/C14H18O2/c1-2-3-4-5-6-13-10-11-9-12(15)7-8-14(11)16-13/h7-10,15H,2-6H2,1H3. The van der Waals surface area contributed by atoms with Gasteiger partial charge in [0.15, 0.2) is 0 Å². The minimum absolute atomic E-state index is 0.297. The Hall–Kier alpha value is -1.44. The first kappa shape index (κ1) is 11.1. The van der Waals surface area contributed by atoms with Gasteiger partial charge in [-0.15, -0.1) is 0 Å². The summed E-state index contributed by atoms with van der Waals surface area (Å²) in [6.45, 7) is 2.21. The molecule has 0 bridgehead atoms. The quantitative estimate of drug-likeness (QED) is 0.760. The minimum atomic E-state index is 0.297. The highest BCUT2D eigenvalue weighted by atomic mass is 16.3. The number of aryl methyl sites for hydroxylation is 1. The molecule has 0 atom stereocenters. The summed E-state index contributed by atoms with van der Waals surface area (Å²) < 4.78 is 5.69. The lowest BCUT2D eigenvalue weighted by molar-refractivity contribution is 0.475. The molecule has 1 heterocycles. The summed E-state index contributed by atoms with van der Waals surface area (Å²) in [4.78, 5) is 0. The molecule has 1 N–H and O–H groups in total. The number of unbranched alkanes of at least 4 members (excludes halogenated alkanes) is 3. The average molecular weight is 218 g/mol. The molecule has 2 rings (SSSR count). The highest BCUT2D eigenvalue weighted by Crippen LogP contribution is 2.24. The van der Waals surface area contributed by atoms with Gasteiger partial charge in [0.2, 0.25) is 0 Å². The van der Waals surface area contributed by atoms with Gasteiger partial charge in [0, 0.05) is 11.8 Å². The summed E-state index contributed by atoms with van der Waals surface area (Å²) in [6.07, 6.45) is 5.99. The zero-order chi connectivity index (χ0) is 11.4. The smallest absolute Gasteiger partial charge is 0.134 e. The van der Waals surface area contributed by atoms with Crippen LogP contribution in [0.5, 0.6) is 5.75 Å². The Kier molecular flexibility index (Phi) is 3.50. The fraction of sp³-hybridized carbons (Fsp3) is 0.429. The Morgan fingerprint density at radius 2 is 2.00 bits per heavy atom. The van der Waals surface area contributed by atoms with Crippen molar-refractivity contribution in [3.63, 3.8) is 0 Å². The van der Waals surface area contributed by atoms with Gasteiger partial charge < -0.3 is 9.52 Å². The van der Waals surface area contributed by atoms with Gasteiger partial charge in [-0.3, -0.25) is 0 Å². The van der Waals surface area contributed by atoms with E-state index >= 15 is 0 Å². The number of aromatic hydroxyl groups is 1. The van der Waals surface area contributed by atoms with Crippen molar-refractivity contribution >= 4 is 11.0 Å². The molecule has 2 aromatic rings. The molecule has 0 aliphatic heterocycles. The molecule has 0 radical (unpaired) electrons. The normalized spacial score (nSPS) is 11.1. The monoisotopic (exact) mass is 218 g/mol. The van der Waals surface area contributed by atoms with Crippen molar-refractivity contribution in [2.24, 2.45) is 0 Å². The second-order valence-electron chi connectivity index (χ2n) is 4.25. The van der Waals surface area contributed by atoms with Crippen LogP contribution in [0.4, 0.5) is 0 Å². The highest BCUT2D eigenvalue weighted by Gasteiger charge is 2.03. The van der Waals surface area contributed by atoms with Crippen LogP contribution in [0.25, 0.3) is 11.0 Å². The zero-order valence-corrected chi connectivity index (χ0v) is 9.70. The van der Waals surface area contributed by atoms with Crippen molar-refractivity contribution in [2.75, 3.05) is 0 Å². The summed E-state index contributed by atoms with van der Waals surface area (Å²) in [7, 11) is 0. The molecule has 1 aromatic heterocycles. The lowest BCUT2D eigenvalue weighted by Gasteiger charge is -1.95. The number of hydrogen-bond donors (Lipinski definition) is 1. The molecule has 0 saturated carbocycles. The first-order valence-electron chi connectivity index (χ1n) is 6.01. The van der Waals surface area contributed by atoms with Crippen LogP contribution < -0.4 is 0 Å². The Morgan fingerprint density at radius 1 is 1.12 bits per heavy atom. The maximum absolute atomic E-state index is 9.34. The molecule has 1 aromatic carbocycles. The summed E-state index contributed by atoms with van der Waals surface area (Å²) in [5.74, 6) is 1.32. The van der Waals surface area contributed by atoms with Crippen molar-refractivity contribution in [1.82, 2.24) is 0 Å². The van der Waals surface area contributed by atoms with E-state index in [0.29, 0.717) is 5.75 Å². The maximum atomic E-state index is 9.34. The third-order valence-electron chi connectivity index (χ3n) is 2.83. The lowest BCUT2D eigenvalue weighted by atomic mass is 10.1. The number of furan rings is 1. The Bertz CT molecular complexity index is 457. The van der Waals surface area contributed by atoms with Crippen molar-refractivity contribution in [2.45, 2.75) is 39.0 Å². The SMILES string of the molecule is CCCCCCc1cc2cc(O)ccc2o1. The summed E-state index contributed by atoms with van der Waals surface area (Å²) in [5, 5.41) is 10.3. The van der Waals surface area contributed by atoms with E-state index in [1.165, 1.54) is 25.7 Å². The summed E-state index contributed by atoms with van der Waals surface area (Å²) >= 11 is 0. The molecular weight excluding hydrogens is 200 g/mol. The van der Waals surface area contributed by atoms with Gasteiger partial charge in [-0.1, -0.05) is 26.2 Å². The van der Waals surface area contributed by atoms with E-state index < -0.39 is 0 Å². The van der Waals surface area contributed by atoms with Gasteiger partial charge >= 0.3 is 0 Å². The van der Waals surface area contributed by atoms with E-state index in [-0.39, 0.29) is 0 Å². The third kappa shape index (κ3) is 2.57. The van der Waals surface area contributed by atoms with Crippen molar-refractivity contribution in [3.05, 3.63) is 30.0 Å². The van der Waals surface area contributed by atoms with Gasteiger partial charge in [-0.2, -0.15) is 0 Å². The van der Waals surface area contributed by atoms with Gasteiger partial charge in [0.25, 0.3) is 0 Å². The molecule has 0 spiro atoms. The Morgan fingerprint density at radius 3 is 2.81 bits per heavy atom. The van der Waals surface area contributed by atoms with E-state index in [9.17, 15) is 5.11 Å². The van der Waals surface area contributed by atoms with Crippen LogP contribution in [0.3, 0.4) is 0 Å². The second kappa shape index (κ2) is 5.06. The summed E-state index contributed by atoms with van der Waals surface area (Å²) in [5.41, 5.74) is 0.864. The molecule has 0 amide bonds. The molecule has 0 unspecified atom stereocenters. The predicted octanol–water partition coefficient (Wildman–Crippen LogP) is 4.26. The van der Waals surface area contributed by atoms with E-state index in [2.05, 4.69) is 6.92 Å².